The lowest BCUT2D eigenvalue weighted by Crippen LogP contribution is -2.26. The Bertz CT molecular complexity index is 1460. The van der Waals surface area contributed by atoms with Gasteiger partial charge in [-0.15, -0.1) is 0 Å². The van der Waals surface area contributed by atoms with Crippen LogP contribution < -0.4 is 10.6 Å². The number of para-hydroxylation sites is 2. The quantitative estimate of drug-likeness (QED) is 0.281. The summed E-state index contributed by atoms with van der Waals surface area (Å²) in [6.07, 6.45) is 4.40. The summed E-state index contributed by atoms with van der Waals surface area (Å²) in [5.74, 6) is 4.84. The van der Waals surface area contributed by atoms with Crippen LogP contribution in [0.1, 0.15) is 27.2 Å². The molecule has 0 fully saturated rings. The molecule has 7 nitrogen and oxygen atoms in total. The van der Waals surface area contributed by atoms with Crippen LogP contribution in [-0.2, 0) is 4.79 Å². The predicted octanol–water partition coefficient (Wildman–Crippen LogP) is 4.80. The molecule has 1 aliphatic rings. The number of aliphatic imine (C=N–C) groups is 1. The highest BCUT2D eigenvalue weighted by atomic mass is 32.1. The molecule has 35 heavy (non-hydrogen) atoms. The van der Waals surface area contributed by atoms with Gasteiger partial charge in [0.05, 0.1) is 29.1 Å². The van der Waals surface area contributed by atoms with E-state index in [1.807, 2.05) is 0 Å². The van der Waals surface area contributed by atoms with E-state index in [0.29, 0.717) is 21.7 Å². The number of thiocarbonyl (C=S) groups is 1. The van der Waals surface area contributed by atoms with Gasteiger partial charge in [-0.25, -0.2) is 0 Å². The Labute approximate surface area is 207 Å². The van der Waals surface area contributed by atoms with Gasteiger partial charge in [0.25, 0.3) is 11.8 Å². The first kappa shape index (κ1) is 23.7. The van der Waals surface area contributed by atoms with Gasteiger partial charge >= 0.3 is 0 Å². The van der Waals surface area contributed by atoms with Gasteiger partial charge in [-0.05, 0) is 43.7 Å². The fourth-order valence-electron chi connectivity index (χ4n) is 3.37. The predicted molar refractivity (Wildman–Crippen MR) is 139 cm³/mol. The number of phenolic OH excluding ortho intramolecular Hbond substituents is 1. The highest BCUT2D eigenvalue weighted by molar-refractivity contribution is 7.81. The fraction of sp³-hybridized carbons (Fsp3) is 0.111. The minimum atomic E-state index is -0.585. The molecular formula is C27H21N3O4S. The highest BCUT2D eigenvalue weighted by Gasteiger charge is 2.24. The van der Waals surface area contributed by atoms with Crippen molar-refractivity contribution in [2.45, 2.75) is 13.8 Å². The first-order chi connectivity index (χ1) is 16.8. The molecule has 2 heterocycles. The third kappa shape index (κ3) is 5.21. The second-order valence-corrected chi connectivity index (χ2v) is 8.25. The van der Waals surface area contributed by atoms with Gasteiger partial charge in [0, 0.05) is 28.4 Å². The van der Waals surface area contributed by atoms with E-state index in [-0.39, 0.29) is 28.7 Å². The molecule has 0 spiro atoms. The monoisotopic (exact) mass is 483 g/mol. The van der Waals surface area contributed by atoms with Gasteiger partial charge in [0.2, 0.25) is 0 Å². The van der Waals surface area contributed by atoms with Crippen LogP contribution in [0.2, 0.25) is 0 Å². The molecule has 0 unspecified atom stereocenters. The molecule has 0 saturated carbocycles. The van der Waals surface area contributed by atoms with Crippen LogP contribution in [0, 0.1) is 31.6 Å². The number of hydrogen-bond acceptors (Lipinski definition) is 6. The summed E-state index contributed by atoms with van der Waals surface area (Å²) in [6.45, 7) is 3.52. The highest BCUT2D eigenvalue weighted by Crippen LogP contribution is 2.27. The van der Waals surface area contributed by atoms with Crippen molar-refractivity contribution in [1.82, 2.24) is 0 Å². The Morgan fingerprint density at radius 2 is 1.74 bits per heavy atom. The van der Waals surface area contributed by atoms with E-state index >= 15 is 0 Å². The van der Waals surface area contributed by atoms with Crippen LogP contribution in [0.15, 0.2) is 76.0 Å². The number of aryl methyl sites for hydroxylation is 2. The Hall–Kier alpha value is -4.48. The van der Waals surface area contributed by atoms with Crippen LogP contribution in [0.25, 0.3) is 0 Å². The number of anilines is 2. The van der Waals surface area contributed by atoms with Crippen molar-refractivity contribution in [1.29, 1.82) is 0 Å². The number of rotatable bonds is 4. The van der Waals surface area contributed by atoms with Crippen LogP contribution in [0.5, 0.6) is 5.75 Å². The molecule has 0 bridgehead atoms. The lowest BCUT2D eigenvalue weighted by molar-refractivity contribution is -0.112. The summed E-state index contributed by atoms with van der Waals surface area (Å²) in [5, 5.41) is 15.7. The van der Waals surface area contributed by atoms with Crippen molar-refractivity contribution in [2.75, 3.05) is 10.6 Å². The number of phenols is 1. The second-order valence-electron chi connectivity index (χ2n) is 7.81. The van der Waals surface area contributed by atoms with E-state index in [2.05, 4.69) is 27.5 Å². The maximum Gasteiger partial charge on any atom is 0.291 e. The number of furan rings is 1. The maximum absolute atomic E-state index is 12.8. The third-order valence-electron chi connectivity index (χ3n) is 5.32. The van der Waals surface area contributed by atoms with Gasteiger partial charge in [0.15, 0.2) is 5.76 Å². The maximum atomic E-state index is 12.8. The SMILES string of the molecule is Cc1ccoc1C(=O)Nc1ccccc1C#C[C@H]1C=NC=C(C(=O)Nc2cccc(C)c2O)C1=S. The van der Waals surface area contributed by atoms with Crippen molar-refractivity contribution >= 4 is 46.5 Å². The van der Waals surface area contributed by atoms with E-state index in [1.165, 1.54) is 12.5 Å². The Kier molecular flexibility index (Phi) is 6.90. The number of nitrogens with one attached hydrogen (secondary N) is 2. The molecule has 1 atom stereocenters. The third-order valence-corrected chi connectivity index (χ3v) is 5.80. The standard InChI is InChI=1S/C27H21N3O4S/c1-16-6-5-9-22(23(16)31)30-26(32)20-15-28-14-19(25(20)35)11-10-18-7-3-4-8-21(18)29-27(33)24-17(2)12-13-34-24/h3-9,12-15,19,31H,1-2H3,(H,29,33)(H,30,32)/t19-/m0/s1. The van der Waals surface area contributed by atoms with Gasteiger partial charge in [-0.2, -0.15) is 0 Å². The largest absolute Gasteiger partial charge is 0.505 e. The fourth-order valence-corrected chi connectivity index (χ4v) is 3.63. The van der Waals surface area contributed by atoms with E-state index in [0.717, 1.165) is 5.56 Å². The molecule has 1 aliphatic heterocycles. The van der Waals surface area contributed by atoms with Crippen molar-refractivity contribution in [3.05, 3.63) is 89.0 Å². The summed E-state index contributed by atoms with van der Waals surface area (Å²) in [7, 11) is 0. The van der Waals surface area contributed by atoms with Gasteiger partial charge in [-0.3, -0.25) is 14.6 Å². The molecular weight excluding hydrogens is 462 g/mol. The van der Waals surface area contributed by atoms with Crippen molar-refractivity contribution in [3.8, 4) is 17.6 Å². The summed E-state index contributed by atoms with van der Waals surface area (Å²) in [4.78, 5) is 29.8. The van der Waals surface area contributed by atoms with Crippen LogP contribution in [0.4, 0.5) is 11.4 Å². The van der Waals surface area contributed by atoms with E-state index in [1.54, 1.807) is 68.6 Å². The van der Waals surface area contributed by atoms with E-state index < -0.39 is 11.8 Å². The average Bonchev–Trinajstić information content (AvgIpc) is 3.28. The molecule has 1 aromatic heterocycles. The molecule has 8 heteroatoms. The Morgan fingerprint density at radius 3 is 2.51 bits per heavy atom. The number of carbonyl (C=O) groups excluding carboxylic acids is 2. The number of aromatic hydroxyl groups is 1. The van der Waals surface area contributed by atoms with E-state index in [4.69, 9.17) is 16.6 Å². The van der Waals surface area contributed by atoms with Crippen LogP contribution in [-0.4, -0.2) is 28.0 Å². The molecule has 0 aliphatic carbocycles. The van der Waals surface area contributed by atoms with E-state index in [9.17, 15) is 14.7 Å². The minimum Gasteiger partial charge on any atom is -0.505 e. The van der Waals surface area contributed by atoms with Crippen molar-refractivity contribution in [2.24, 2.45) is 10.9 Å². The molecule has 0 saturated heterocycles. The molecule has 2 aromatic carbocycles. The minimum absolute atomic E-state index is 0.00795. The first-order valence-electron chi connectivity index (χ1n) is 10.7. The van der Waals surface area contributed by atoms with Crippen LogP contribution in [0.3, 0.4) is 0 Å². The van der Waals surface area contributed by atoms with Gasteiger partial charge < -0.3 is 20.2 Å². The number of carbonyl (C=O) groups is 2. The van der Waals surface area contributed by atoms with Crippen LogP contribution >= 0.6 is 12.2 Å². The molecule has 3 aromatic rings. The van der Waals surface area contributed by atoms with Gasteiger partial charge in [-0.1, -0.05) is 48.3 Å². The van der Waals surface area contributed by atoms with Crippen molar-refractivity contribution < 1.29 is 19.1 Å². The lowest BCUT2D eigenvalue weighted by atomic mass is 9.97. The summed E-state index contributed by atoms with van der Waals surface area (Å²) in [6, 6.07) is 13.9. The smallest absolute Gasteiger partial charge is 0.291 e. The number of amides is 2. The molecule has 0 radical (unpaired) electrons. The molecule has 2 amide bonds. The number of benzene rings is 2. The molecule has 4 rings (SSSR count). The Morgan fingerprint density at radius 1 is 1.00 bits per heavy atom. The van der Waals surface area contributed by atoms with Gasteiger partial charge in [0.1, 0.15) is 5.75 Å². The lowest BCUT2D eigenvalue weighted by Gasteiger charge is -2.16. The zero-order chi connectivity index (χ0) is 24.9. The zero-order valence-corrected chi connectivity index (χ0v) is 19.8. The molecule has 3 N–H and O–H groups in total. The topological polar surface area (TPSA) is 104 Å². The second kappa shape index (κ2) is 10.2. The zero-order valence-electron chi connectivity index (χ0n) is 19.0. The van der Waals surface area contributed by atoms with Crippen molar-refractivity contribution in [3.63, 3.8) is 0 Å². The molecule has 174 valence electrons. The summed E-state index contributed by atoms with van der Waals surface area (Å²) >= 11 is 5.52. The average molecular weight is 484 g/mol. The first-order valence-corrected chi connectivity index (χ1v) is 11.1. The Balaban J connectivity index is 1.50. The summed E-state index contributed by atoms with van der Waals surface area (Å²) in [5.41, 5.74) is 2.93. The number of nitrogens with zero attached hydrogens (tertiary/aromatic N) is 1. The number of hydrogen-bond donors (Lipinski definition) is 3. The summed E-state index contributed by atoms with van der Waals surface area (Å²) < 4.78 is 5.26. The normalized spacial score (nSPS) is 14.5.